The molecule has 0 unspecified atom stereocenters. The minimum Gasteiger partial charge on any atom is -0.449 e. The summed E-state index contributed by atoms with van der Waals surface area (Å²) in [6.45, 7) is 1.29. The third kappa shape index (κ3) is 3.90. The van der Waals surface area contributed by atoms with Gasteiger partial charge in [-0.25, -0.2) is 4.79 Å². The maximum absolute atomic E-state index is 12.8. The van der Waals surface area contributed by atoms with Crippen molar-refractivity contribution >= 4 is 40.0 Å². The topological polar surface area (TPSA) is 92.8 Å². The van der Waals surface area contributed by atoms with Crippen LogP contribution < -0.4 is 10.2 Å². The molecule has 0 aromatic heterocycles. The Morgan fingerprint density at radius 3 is 2.56 bits per heavy atom. The Morgan fingerprint density at radius 1 is 1.15 bits per heavy atom. The lowest BCUT2D eigenvalue weighted by Gasteiger charge is -2.30. The van der Waals surface area contributed by atoms with Crippen LogP contribution in [-0.2, 0) is 25.1 Å². The van der Waals surface area contributed by atoms with E-state index in [0.717, 1.165) is 0 Å². The number of rotatable bonds is 4. The van der Waals surface area contributed by atoms with Crippen molar-refractivity contribution in [1.82, 2.24) is 0 Å². The van der Waals surface area contributed by atoms with E-state index in [1.807, 2.05) is 0 Å². The molecule has 2 atom stereocenters. The number of carbonyl (C=O) groups is 3. The van der Waals surface area contributed by atoms with Gasteiger partial charge in [0.05, 0.1) is 32.6 Å². The van der Waals surface area contributed by atoms with E-state index in [-0.39, 0.29) is 18.0 Å². The van der Waals surface area contributed by atoms with Crippen LogP contribution in [0.3, 0.4) is 0 Å². The highest BCUT2D eigenvalue weighted by Crippen LogP contribution is 2.29. The van der Waals surface area contributed by atoms with E-state index in [2.05, 4.69) is 5.32 Å². The molecule has 8 heteroatoms. The summed E-state index contributed by atoms with van der Waals surface area (Å²) in [5.74, 6) is -1.58. The fourth-order valence-electron chi connectivity index (χ4n) is 2.81. The zero-order chi connectivity index (χ0) is 19.6. The second-order valence-electron chi connectivity index (χ2n) is 5.99. The molecule has 0 aliphatic carbocycles. The van der Waals surface area contributed by atoms with Crippen LogP contribution >= 0.6 is 0 Å². The number of anilines is 2. The van der Waals surface area contributed by atoms with Crippen LogP contribution in [0.5, 0.6) is 0 Å². The monoisotopic (exact) mass is 386 g/mol. The highest BCUT2D eigenvalue weighted by Gasteiger charge is 2.31. The van der Waals surface area contributed by atoms with E-state index in [0.29, 0.717) is 16.3 Å². The van der Waals surface area contributed by atoms with Crippen molar-refractivity contribution < 1.29 is 23.3 Å². The van der Waals surface area contributed by atoms with Crippen molar-refractivity contribution in [2.45, 2.75) is 17.9 Å². The number of ether oxygens (including phenoxy) is 1. The first-order valence-corrected chi connectivity index (χ1v) is 9.78. The summed E-state index contributed by atoms with van der Waals surface area (Å²) in [5.41, 5.74) is 1.21. The fraction of sp³-hybridized carbons (Fsp3) is 0.211. The second kappa shape index (κ2) is 7.71. The number of esters is 1. The Hall–Kier alpha value is -3.00. The summed E-state index contributed by atoms with van der Waals surface area (Å²) in [7, 11) is -1.37. The summed E-state index contributed by atoms with van der Waals surface area (Å²) in [6, 6.07) is 13.3. The van der Waals surface area contributed by atoms with Crippen molar-refractivity contribution in [2.24, 2.45) is 0 Å². The maximum Gasteiger partial charge on any atom is 0.340 e. The van der Waals surface area contributed by atoms with Gasteiger partial charge in [-0.3, -0.25) is 18.7 Å². The number of fused-ring (bicyclic) bond motifs is 1. The van der Waals surface area contributed by atoms with Gasteiger partial charge in [-0.15, -0.1) is 0 Å². The van der Waals surface area contributed by atoms with Gasteiger partial charge in [0.25, 0.3) is 5.91 Å². The third-order valence-corrected chi connectivity index (χ3v) is 5.06. The summed E-state index contributed by atoms with van der Waals surface area (Å²) >= 11 is 0. The number of benzene rings is 2. The minimum atomic E-state index is -1.37. The molecule has 0 saturated heterocycles. The molecule has 140 valence electrons. The molecular weight excluding hydrogens is 368 g/mol. The first-order valence-electron chi connectivity index (χ1n) is 8.22. The lowest BCUT2D eigenvalue weighted by atomic mass is 10.1. The summed E-state index contributed by atoms with van der Waals surface area (Å²) < 4.78 is 17.1. The van der Waals surface area contributed by atoms with Crippen molar-refractivity contribution in [3.63, 3.8) is 0 Å². The van der Waals surface area contributed by atoms with Crippen LogP contribution in [0.25, 0.3) is 0 Å². The molecule has 3 rings (SSSR count). The second-order valence-corrected chi connectivity index (χ2v) is 7.34. The molecule has 2 amide bonds. The molecule has 1 aliphatic rings. The van der Waals surface area contributed by atoms with E-state index in [1.54, 1.807) is 42.5 Å². The Kier molecular flexibility index (Phi) is 5.36. The molecule has 27 heavy (non-hydrogen) atoms. The number of amides is 2. The lowest BCUT2D eigenvalue weighted by Crippen LogP contribution is -2.47. The van der Waals surface area contributed by atoms with Crippen LogP contribution in [0.15, 0.2) is 53.4 Å². The van der Waals surface area contributed by atoms with Gasteiger partial charge < -0.3 is 10.1 Å². The normalized spacial score (nSPS) is 15.3. The van der Waals surface area contributed by atoms with Gasteiger partial charge in [-0.2, -0.15) is 0 Å². The SMILES string of the molecule is C[C@@H](OC(=O)c1ccccc1[S@@](C)=O)C(=O)N1CC(=O)Nc2ccccc21. The van der Waals surface area contributed by atoms with E-state index < -0.39 is 28.8 Å². The zero-order valence-electron chi connectivity index (χ0n) is 14.8. The molecular formula is C19H18N2O5S. The van der Waals surface area contributed by atoms with Crippen LogP contribution in [0.2, 0.25) is 0 Å². The first-order chi connectivity index (χ1) is 12.9. The Morgan fingerprint density at radius 2 is 1.81 bits per heavy atom. The predicted molar refractivity (Wildman–Crippen MR) is 101 cm³/mol. The van der Waals surface area contributed by atoms with Crippen molar-refractivity contribution in [2.75, 3.05) is 23.0 Å². The van der Waals surface area contributed by atoms with Gasteiger partial charge in [0.2, 0.25) is 5.91 Å². The van der Waals surface area contributed by atoms with Gasteiger partial charge in [0.1, 0.15) is 6.54 Å². The smallest absolute Gasteiger partial charge is 0.340 e. The van der Waals surface area contributed by atoms with Gasteiger partial charge >= 0.3 is 5.97 Å². The highest BCUT2D eigenvalue weighted by molar-refractivity contribution is 7.84. The van der Waals surface area contributed by atoms with Gasteiger partial charge in [-0.05, 0) is 31.2 Å². The number of carbonyl (C=O) groups excluding carboxylic acids is 3. The average Bonchev–Trinajstić information content (AvgIpc) is 2.66. The van der Waals surface area contributed by atoms with Crippen LogP contribution in [-0.4, -0.2) is 40.9 Å². The van der Waals surface area contributed by atoms with Crippen LogP contribution in [0.4, 0.5) is 11.4 Å². The number of hydrogen-bond acceptors (Lipinski definition) is 5. The molecule has 0 saturated carbocycles. The maximum atomic E-state index is 12.8. The third-order valence-electron chi connectivity index (χ3n) is 4.08. The average molecular weight is 386 g/mol. The molecule has 7 nitrogen and oxygen atoms in total. The molecule has 2 aromatic rings. The van der Waals surface area contributed by atoms with Gasteiger partial charge in [-0.1, -0.05) is 24.3 Å². The van der Waals surface area contributed by atoms with Crippen molar-refractivity contribution in [3.8, 4) is 0 Å². The highest BCUT2D eigenvalue weighted by atomic mass is 32.2. The lowest BCUT2D eigenvalue weighted by molar-refractivity contribution is -0.128. The Labute approximate surface area is 158 Å². The first kappa shape index (κ1) is 18.8. The summed E-state index contributed by atoms with van der Waals surface area (Å²) in [5, 5.41) is 2.70. The van der Waals surface area contributed by atoms with Gasteiger partial charge in [0.15, 0.2) is 6.10 Å². The van der Waals surface area contributed by atoms with Crippen molar-refractivity contribution in [3.05, 3.63) is 54.1 Å². The molecule has 1 heterocycles. The molecule has 1 aliphatic heterocycles. The predicted octanol–water partition coefficient (Wildman–Crippen LogP) is 1.95. The Balaban J connectivity index is 1.80. The van der Waals surface area contributed by atoms with E-state index in [1.165, 1.54) is 24.1 Å². The molecule has 0 fully saturated rings. The fourth-order valence-corrected chi connectivity index (χ4v) is 3.54. The molecule has 2 aromatic carbocycles. The van der Waals surface area contributed by atoms with E-state index in [9.17, 15) is 18.6 Å². The zero-order valence-corrected chi connectivity index (χ0v) is 15.6. The molecule has 0 radical (unpaired) electrons. The van der Waals surface area contributed by atoms with Crippen LogP contribution in [0.1, 0.15) is 17.3 Å². The standard InChI is InChI=1S/C19H18N2O5S/c1-12(26-19(24)13-7-3-6-10-16(13)27(2)25)18(23)21-11-17(22)20-14-8-4-5-9-15(14)21/h3-10,12H,11H2,1-2H3,(H,20,22)/t12-,27-/m1/s1. The molecule has 1 N–H and O–H groups in total. The number of nitrogens with zero attached hydrogens (tertiary/aromatic N) is 1. The number of para-hydroxylation sites is 2. The summed E-state index contributed by atoms with van der Waals surface area (Å²) in [4.78, 5) is 38.8. The molecule has 0 bridgehead atoms. The largest absolute Gasteiger partial charge is 0.449 e. The number of hydrogen-bond donors (Lipinski definition) is 1. The Bertz CT molecular complexity index is 943. The van der Waals surface area contributed by atoms with Crippen molar-refractivity contribution in [1.29, 1.82) is 0 Å². The molecule has 0 spiro atoms. The number of nitrogens with one attached hydrogen (secondary N) is 1. The van der Waals surface area contributed by atoms with Crippen LogP contribution in [0, 0.1) is 0 Å². The summed E-state index contributed by atoms with van der Waals surface area (Å²) in [6.07, 6.45) is 0.346. The minimum absolute atomic E-state index is 0.148. The van der Waals surface area contributed by atoms with E-state index >= 15 is 0 Å². The van der Waals surface area contributed by atoms with E-state index in [4.69, 9.17) is 4.74 Å². The van der Waals surface area contributed by atoms with Gasteiger partial charge in [0, 0.05) is 6.26 Å². The quantitative estimate of drug-likeness (QED) is 0.811.